The van der Waals surface area contributed by atoms with Crippen LogP contribution in [-0.4, -0.2) is 23.5 Å². The Morgan fingerprint density at radius 1 is 1.30 bits per heavy atom. The number of carboxylic acid groups (broad SMARTS) is 1. The summed E-state index contributed by atoms with van der Waals surface area (Å²) in [4.78, 5) is 24.9. The predicted molar refractivity (Wildman–Crippen MR) is 76.4 cm³/mol. The van der Waals surface area contributed by atoms with Gasteiger partial charge in [0.05, 0.1) is 11.8 Å². The van der Waals surface area contributed by atoms with E-state index in [1.54, 1.807) is 11.3 Å². The summed E-state index contributed by atoms with van der Waals surface area (Å²) in [6.45, 7) is 0.573. The second kappa shape index (κ2) is 5.40. The molecule has 0 aliphatic heterocycles. The summed E-state index contributed by atoms with van der Waals surface area (Å²) in [5.41, 5.74) is 0. The normalized spacial score (nSPS) is 30.6. The number of hydrogen-bond donors (Lipinski definition) is 2. The third kappa shape index (κ3) is 2.38. The lowest BCUT2D eigenvalue weighted by Gasteiger charge is -2.23. The smallest absolute Gasteiger partial charge is 0.307 e. The molecule has 5 heteroatoms. The Hall–Kier alpha value is -1.62. The maximum atomic E-state index is 12.3. The highest BCUT2D eigenvalue weighted by Crippen LogP contribution is 2.48. The Bertz CT molecular complexity index is 537. The van der Waals surface area contributed by atoms with Gasteiger partial charge in [0.1, 0.15) is 0 Å². The van der Waals surface area contributed by atoms with Crippen LogP contribution in [0.4, 0.5) is 0 Å². The lowest BCUT2D eigenvalue weighted by Crippen LogP contribution is -2.40. The van der Waals surface area contributed by atoms with Crippen molar-refractivity contribution in [3.8, 4) is 0 Å². The molecule has 20 heavy (non-hydrogen) atoms. The zero-order valence-electron chi connectivity index (χ0n) is 11.0. The van der Waals surface area contributed by atoms with Crippen LogP contribution < -0.4 is 5.32 Å². The van der Waals surface area contributed by atoms with Gasteiger partial charge in [-0.1, -0.05) is 18.2 Å². The molecule has 0 spiro atoms. The van der Waals surface area contributed by atoms with Crippen molar-refractivity contribution in [2.75, 3.05) is 6.54 Å². The van der Waals surface area contributed by atoms with E-state index in [0.717, 1.165) is 12.8 Å². The highest BCUT2D eigenvalue weighted by Gasteiger charge is 2.51. The first-order valence-electron chi connectivity index (χ1n) is 6.88. The molecule has 2 aliphatic carbocycles. The van der Waals surface area contributed by atoms with Gasteiger partial charge in [0.15, 0.2) is 0 Å². The van der Waals surface area contributed by atoms with Gasteiger partial charge in [-0.2, -0.15) is 0 Å². The number of amides is 1. The standard InChI is InChI=1S/C15H17NO3S/c17-14(16-6-5-11-2-1-7-20-11)12-9-3-4-10(8-9)13(12)15(18)19/h1-4,7,9-10,12-13H,5-6,8H2,(H,16,17)(H,18,19)/t9?,10?,12-,13+/m0/s1. The molecule has 1 aromatic heterocycles. The maximum Gasteiger partial charge on any atom is 0.307 e. The second-order valence-corrected chi connectivity index (χ2v) is 6.49. The van der Waals surface area contributed by atoms with Crippen LogP contribution in [0.25, 0.3) is 0 Å². The topological polar surface area (TPSA) is 66.4 Å². The molecule has 3 rings (SSSR count). The quantitative estimate of drug-likeness (QED) is 0.815. The summed E-state index contributed by atoms with van der Waals surface area (Å²) in [5, 5.41) is 14.2. The second-order valence-electron chi connectivity index (χ2n) is 5.46. The van der Waals surface area contributed by atoms with Crippen molar-refractivity contribution in [2.24, 2.45) is 23.7 Å². The fraction of sp³-hybridized carbons (Fsp3) is 0.467. The number of aliphatic carboxylic acids is 1. The Morgan fingerprint density at radius 2 is 2.05 bits per heavy atom. The first-order chi connectivity index (χ1) is 9.66. The largest absolute Gasteiger partial charge is 0.481 e. The minimum absolute atomic E-state index is 0.0329. The van der Waals surface area contributed by atoms with Crippen molar-refractivity contribution in [1.82, 2.24) is 5.32 Å². The van der Waals surface area contributed by atoms with Crippen molar-refractivity contribution < 1.29 is 14.7 Å². The molecule has 0 radical (unpaired) electrons. The van der Waals surface area contributed by atoms with Gasteiger partial charge in [-0.15, -0.1) is 11.3 Å². The number of fused-ring (bicyclic) bond motifs is 2. The number of rotatable bonds is 5. The molecule has 4 nitrogen and oxygen atoms in total. The number of allylic oxidation sites excluding steroid dienone is 2. The zero-order chi connectivity index (χ0) is 14.1. The van der Waals surface area contributed by atoms with Crippen LogP contribution in [0.2, 0.25) is 0 Å². The van der Waals surface area contributed by atoms with Gasteiger partial charge in [0, 0.05) is 11.4 Å². The number of hydrogen-bond acceptors (Lipinski definition) is 3. The molecule has 0 saturated heterocycles. The minimum Gasteiger partial charge on any atom is -0.481 e. The van der Waals surface area contributed by atoms with Gasteiger partial charge >= 0.3 is 5.97 Å². The number of carbonyl (C=O) groups is 2. The summed E-state index contributed by atoms with van der Waals surface area (Å²) in [5.74, 6) is -1.77. The van der Waals surface area contributed by atoms with Crippen LogP contribution in [0.1, 0.15) is 11.3 Å². The van der Waals surface area contributed by atoms with Gasteiger partial charge < -0.3 is 10.4 Å². The van der Waals surface area contributed by atoms with E-state index < -0.39 is 17.8 Å². The molecule has 4 atom stereocenters. The third-order valence-electron chi connectivity index (χ3n) is 4.30. The van der Waals surface area contributed by atoms with E-state index in [1.807, 2.05) is 29.7 Å². The Morgan fingerprint density at radius 3 is 2.70 bits per heavy atom. The van der Waals surface area contributed by atoms with Gasteiger partial charge in [0.2, 0.25) is 5.91 Å². The van der Waals surface area contributed by atoms with Gasteiger partial charge in [-0.3, -0.25) is 9.59 Å². The van der Waals surface area contributed by atoms with E-state index in [1.165, 1.54) is 4.88 Å². The lowest BCUT2D eigenvalue weighted by atomic mass is 9.82. The maximum absolute atomic E-state index is 12.3. The molecular formula is C15H17NO3S. The molecule has 1 saturated carbocycles. The van der Waals surface area contributed by atoms with Crippen molar-refractivity contribution in [2.45, 2.75) is 12.8 Å². The van der Waals surface area contributed by atoms with Crippen LogP contribution in [0.5, 0.6) is 0 Å². The van der Waals surface area contributed by atoms with Gasteiger partial charge in [0.25, 0.3) is 0 Å². The average molecular weight is 291 g/mol. The fourth-order valence-corrected chi connectivity index (χ4v) is 4.11. The van der Waals surface area contributed by atoms with Crippen LogP contribution in [0, 0.1) is 23.7 Å². The molecule has 106 valence electrons. The minimum atomic E-state index is -0.847. The van der Waals surface area contributed by atoms with E-state index in [9.17, 15) is 14.7 Å². The highest BCUT2D eigenvalue weighted by molar-refractivity contribution is 7.09. The summed E-state index contributed by atoms with van der Waals surface area (Å²) in [6, 6.07) is 4.03. The van der Waals surface area contributed by atoms with Crippen molar-refractivity contribution in [1.29, 1.82) is 0 Å². The molecule has 2 bridgehead atoms. The van der Waals surface area contributed by atoms with E-state index >= 15 is 0 Å². The monoisotopic (exact) mass is 291 g/mol. The average Bonchev–Trinajstić information content (AvgIpc) is 3.13. The summed E-state index contributed by atoms with van der Waals surface area (Å²) in [6.07, 6.45) is 5.57. The van der Waals surface area contributed by atoms with Gasteiger partial charge in [-0.05, 0) is 36.1 Å². The van der Waals surface area contributed by atoms with Gasteiger partial charge in [-0.25, -0.2) is 0 Å². The Labute approximate surface area is 121 Å². The number of nitrogens with one attached hydrogen (secondary N) is 1. The number of carboxylic acids is 1. The first kappa shape index (κ1) is 13.4. The highest BCUT2D eigenvalue weighted by atomic mass is 32.1. The summed E-state index contributed by atoms with van der Waals surface area (Å²) < 4.78 is 0. The molecule has 2 unspecified atom stereocenters. The predicted octanol–water partition coefficient (Wildman–Crippen LogP) is 1.93. The molecule has 0 aromatic carbocycles. The summed E-state index contributed by atoms with van der Waals surface area (Å²) >= 11 is 1.67. The Balaban J connectivity index is 1.59. The zero-order valence-corrected chi connectivity index (χ0v) is 11.8. The van der Waals surface area contributed by atoms with Crippen molar-refractivity contribution in [3.05, 3.63) is 34.5 Å². The van der Waals surface area contributed by atoms with Crippen LogP contribution >= 0.6 is 11.3 Å². The molecular weight excluding hydrogens is 274 g/mol. The first-order valence-corrected chi connectivity index (χ1v) is 7.76. The molecule has 2 N–H and O–H groups in total. The van der Waals surface area contributed by atoms with E-state index in [-0.39, 0.29) is 17.7 Å². The van der Waals surface area contributed by atoms with Crippen LogP contribution in [0.15, 0.2) is 29.7 Å². The van der Waals surface area contributed by atoms with Crippen LogP contribution in [-0.2, 0) is 16.0 Å². The van der Waals surface area contributed by atoms with E-state index in [0.29, 0.717) is 6.54 Å². The number of thiophene rings is 1. The van der Waals surface area contributed by atoms with E-state index in [4.69, 9.17) is 0 Å². The Kier molecular flexibility index (Phi) is 3.61. The molecule has 1 amide bonds. The molecule has 1 aromatic rings. The van der Waals surface area contributed by atoms with Crippen LogP contribution in [0.3, 0.4) is 0 Å². The van der Waals surface area contributed by atoms with Crippen molar-refractivity contribution in [3.63, 3.8) is 0 Å². The third-order valence-corrected chi connectivity index (χ3v) is 5.23. The molecule has 2 aliphatic rings. The molecule has 1 heterocycles. The fourth-order valence-electron chi connectivity index (χ4n) is 3.40. The number of carbonyl (C=O) groups excluding carboxylic acids is 1. The van der Waals surface area contributed by atoms with Crippen molar-refractivity contribution >= 4 is 23.2 Å². The van der Waals surface area contributed by atoms with E-state index in [2.05, 4.69) is 5.32 Å². The SMILES string of the molecule is O=C(O)[C@@H]1C2C=CC(C2)[C@@H]1C(=O)NCCc1cccs1. The lowest BCUT2D eigenvalue weighted by molar-refractivity contribution is -0.147. The summed E-state index contributed by atoms with van der Waals surface area (Å²) in [7, 11) is 0. The molecule has 1 fully saturated rings.